The zero-order chi connectivity index (χ0) is 20.7. The van der Waals surface area contributed by atoms with Gasteiger partial charge in [0.15, 0.2) is 0 Å². The fourth-order valence-corrected chi connectivity index (χ4v) is 7.05. The lowest BCUT2D eigenvalue weighted by atomic mass is 9.48. The Balaban J connectivity index is 1.25. The van der Waals surface area contributed by atoms with Crippen molar-refractivity contribution in [2.75, 3.05) is 0 Å². The molecular formula is C27H34ClNO. The first-order chi connectivity index (χ1) is 14.5. The molecule has 4 fully saturated rings. The lowest BCUT2D eigenvalue weighted by molar-refractivity contribution is -0.0706. The maximum absolute atomic E-state index is 6.34. The van der Waals surface area contributed by atoms with E-state index in [-0.39, 0.29) is 0 Å². The van der Waals surface area contributed by atoms with Crippen LogP contribution in [-0.4, -0.2) is 6.04 Å². The van der Waals surface area contributed by atoms with Crippen molar-refractivity contribution in [3.63, 3.8) is 0 Å². The first-order valence-electron chi connectivity index (χ1n) is 11.7. The molecule has 3 heteroatoms. The van der Waals surface area contributed by atoms with Gasteiger partial charge in [-0.25, -0.2) is 0 Å². The van der Waals surface area contributed by atoms with Crippen LogP contribution < -0.4 is 10.1 Å². The van der Waals surface area contributed by atoms with Crippen molar-refractivity contribution in [2.24, 2.45) is 23.2 Å². The van der Waals surface area contributed by atoms with E-state index in [0.29, 0.717) is 18.1 Å². The Morgan fingerprint density at radius 2 is 1.63 bits per heavy atom. The second-order valence-corrected chi connectivity index (χ2v) is 10.8. The number of aryl methyl sites for hydroxylation is 1. The Hall–Kier alpha value is -1.51. The summed E-state index contributed by atoms with van der Waals surface area (Å²) in [6, 6.07) is 15.1. The van der Waals surface area contributed by atoms with E-state index < -0.39 is 0 Å². The lowest BCUT2D eigenvalue weighted by Gasteiger charge is -2.59. The van der Waals surface area contributed by atoms with Gasteiger partial charge in [0.05, 0.1) is 0 Å². The molecule has 4 bridgehead atoms. The number of nitrogens with one attached hydrogen (secondary N) is 1. The smallest absolute Gasteiger partial charge is 0.124 e. The molecule has 0 aromatic heterocycles. The highest BCUT2D eigenvalue weighted by atomic mass is 35.5. The van der Waals surface area contributed by atoms with Gasteiger partial charge in [0.2, 0.25) is 0 Å². The molecule has 4 saturated carbocycles. The van der Waals surface area contributed by atoms with Crippen molar-refractivity contribution >= 4 is 11.6 Å². The zero-order valence-electron chi connectivity index (χ0n) is 18.3. The van der Waals surface area contributed by atoms with Crippen molar-refractivity contribution in [3.05, 3.63) is 64.2 Å². The molecule has 4 aliphatic carbocycles. The van der Waals surface area contributed by atoms with Crippen molar-refractivity contribution < 1.29 is 4.74 Å². The quantitative estimate of drug-likeness (QED) is 0.521. The number of ether oxygens (including phenoxy) is 1. The van der Waals surface area contributed by atoms with Gasteiger partial charge < -0.3 is 10.1 Å². The van der Waals surface area contributed by atoms with Crippen LogP contribution in [-0.2, 0) is 13.2 Å². The van der Waals surface area contributed by atoms with Gasteiger partial charge in [-0.2, -0.15) is 0 Å². The van der Waals surface area contributed by atoms with Crippen LogP contribution in [0.1, 0.15) is 62.1 Å². The van der Waals surface area contributed by atoms with Crippen LogP contribution in [0.2, 0.25) is 5.02 Å². The highest BCUT2D eigenvalue weighted by Crippen LogP contribution is 2.61. The van der Waals surface area contributed by atoms with E-state index in [9.17, 15) is 0 Å². The third kappa shape index (κ3) is 4.14. The molecule has 160 valence electrons. The minimum Gasteiger partial charge on any atom is -0.489 e. The first kappa shape index (κ1) is 20.4. The van der Waals surface area contributed by atoms with E-state index in [1.807, 2.05) is 12.1 Å². The number of hydrogen-bond donors (Lipinski definition) is 1. The van der Waals surface area contributed by atoms with E-state index in [1.54, 1.807) is 0 Å². The Labute approximate surface area is 186 Å². The standard InChI is InChI=1S/C27H34ClNO/c1-18-3-5-20(6-4-18)17-30-26-8-7-25(28)12-24(26)16-29-19(2)27-13-21-9-22(14-27)11-23(10-21)15-27/h3-8,12,19,21-23,29H,9-11,13-17H2,1-2H3. The molecule has 2 aromatic rings. The van der Waals surface area contributed by atoms with E-state index >= 15 is 0 Å². The minimum absolute atomic E-state index is 0.510. The molecular weight excluding hydrogens is 390 g/mol. The van der Waals surface area contributed by atoms with Gasteiger partial charge in [-0.15, -0.1) is 0 Å². The van der Waals surface area contributed by atoms with Crippen LogP contribution >= 0.6 is 11.6 Å². The summed E-state index contributed by atoms with van der Waals surface area (Å²) in [6.07, 6.45) is 8.78. The van der Waals surface area contributed by atoms with Gasteiger partial charge in [0.1, 0.15) is 12.4 Å². The molecule has 0 radical (unpaired) electrons. The molecule has 0 spiro atoms. The number of hydrogen-bond acceptors (Lipinski definition) is 2. The van der Waals surface area contributed by atoms with E-state index in [0.717, 1.165) is 40.6 Å². The van der Waals surface area contributed by atoms with Crippen LogP contribution in [0.3, 0.4) is 0 Å². The van der Waals surface area contributed by atoms with E-state index in [2.05, 4.69) is 49.5 Å². The third-order valence-corrected chi connectivity index (χ3v) is 8.38. The van der Waals surface area contributed by atoms with E-state index in [1.165, 1.54) is 49.7 Å². The molecule has 0 heterocycles. The minimum atomic E-state index is 0.510. The summed E-state index contributed by atoms with van der Waals surface area (Å²) in [5.74, 6) is 3.89. The van der Waals surface area contributed by atoms with Crippen LogP contribution in [0, 0.1) is 30.1 Å². The SMILES string of the molecule is Cc1ccc(COc2ccc(Cl)cc2CNC(C)C23CC4CC(CC(C4)C2)C3)cc1. The maximum atomic E-state index is 6.34. The summed E-state index contributed by atoms with van der Waals surface area (Å²) in [6.45, 7) is 5.93. The molecule has 1 N–H and O–H groups in total. The summed E-state index contributed by atoms with van der Waals surface area (Å²) in [5.41, 5.74) is 4.13. The Bertz CT molecular complexity index is 855. The van der Waals surface area contributed by atoms with Gasteiger partial charge in [0.25, 0.3) is 0 Å². The van der Waals surface area contributed by atoms with Crippen LogP contribution in [0.4, 0.5) is 0 Å². The van der Waals surface area contributed by atoms with Crippen LogP contribution in [0.5, 0.6) is 5.75 Å². The summed E-state index contributed by atoms with van der Waals surface area (Å²) >= 11 is 6.34. The molecule has 1 atom stereocenters. The average Bonchev–Trinajstić information content (AvgIpc) is 2.71. The second kappa shape index (κ2) is 8.20. The van der Waals surface area contributed by atoms with Gasteiger partial charge >= 0.3 is 0 Å². The molecule has 0 saturated heterocycles. The first-order valence-corrected chi connectivity index (χ1v) is 12.1. The fraction of sp³-hybridized carbons (Fsp3) is 0.556. The summed E-state index contributed by atoms with van der Waals surface area (Å²) in [4.78, 5) is 0. The average molecular weight is 424 g/mol. The molecule has 4 aliphatic rings. The van der Waals surface area contributed by atoms with Crippen molar-refractivity contribution in [1.82, 2.24) is 5.32 Å². The van der Waals surface area contributed by atoms with Crippen LogP contribution in [0.25, 0.3) is 0 Å². The molecule has 0 amide bonds. The van der Waals surface area contributed by atoms with E-state index in [4.69, 9.17) is 16.3 Å². The predicted octanol–water partition coefficient (Wildman–Crippen LogP) is 6.92. The molecule has 30 heavy (non-hydrogen) atoms. The molecule has 2 nitrogen and oxygen atoms in total. The van der Waals surface area contributed by atoms with Crippen molar-refractivity contribution in [3.8, 4) is 5.75 Å². The number of halogens is 1. The molecule has 6 rings (SSSR count). The zero-order valence-corrected chi connectivity index (χ0v) is 19.0. The highest BCUT2D eigenvalue weighted by Gasteiger charge is 2.52. The van der Waals surface area contributed by atoms with Crippen LogP contribution in [0.15, 0.2) is 42.5 Å². The van der Waals surface area contributed by atoms with Gasteiger partial charge in [0, 0.05) is 23.2 Å². The molecule has 1 unspecified atom stereocenters. The third-order valence-electron chi connectivity index (χ3n) is 8.14. The van der Waals surface area contributed by atoms with Crippen molar-refractivity contribution in [1.29, 1.82) is 0 Å². The Morgan fingerprint density at radius 1 is 1.00 bits per heavy atom. The largest absolute Gasteiger partial charge is 0.489 e. The van der Waals surface area contributed by atoms with Gasteiger partial charge in [-0.1, -0.05) is 41.4 Å². The van der Waals surface area contributed by atoms with Crippen molar-refractivity contribution in [2.45, 2.75) is 71.6 Å². The molecule has 0 aliphatic heterocycles. The highest BCUT2D eigenvalue weighted by molar-refractivity contribution is 6.30. The van der Waals surface area contributed by atoms with Gasteiger partial charge in [-0.3, -0.25) is 0 Å². The maximum Gasteiger partial charge on any atom is 0.124 e. The fourth-order valence-electron chi connectivity index (χ4n) is 6.86. The lowest BCUT2D eigenvalue weighted by Crippen LogP contribution is -2.54. The number of rotatable bonds is 7. The second-order valence-electron chi connectivity index (χ2n) is 10.4. The van der Waals surface area contributed by atoms with Gasteiger partial charge in [-0.05, 0) is 99.3 Å². The topological polar surface area (TPSA) is 21.3 Å². The molecule has 2 aromatic carbocycles. The summed E-state index contributed by atoms with van der Waals surface area (Å²) < 4.78 is 6.20. The normalized spacial score (nSPS) is 30.4. The Morgan fingerprint density at radius 3 is 2.27 bits per heavy atom. The Kier molecular flexibility index (Phi) is 5.58. The number of benzene rings is 2. The predicted molar refractivity (Wildman–Crippen MR) is 124 cm³/mol. The monoisotopic (exact) mass is 423 g/mol. The summed E-state index contributed by atoms with van der Waals surface area (Å²) in [7, 11) is 0. The summed E-state index contributed by atoms with van der Waals surface area (Å²) in [5, 5.41) is 4.67.